The van der Waals surface area contributed by atoms with Crippen LogP contribution in [0.1, 0.15) is 99.9 Å². The van der Waals surface area contributed by atoms with Gasteiger partial charge in [-0.2, -0.15) is 0 Å². The number of hydrogen-bond donors (Lipinski definition) is 3. The fourth-order valence-corrected chi connectivity index (χ4v) is 4.20. The third-order valence-electron chi connectivity index (χ3n) is 6.05. The lowest BCUT2D eigenvalue weighted by molar-refractivity contribution is -0.119. The van der Waals surface area contributed by atoms with Crippen LogP contribution in [-0.4, -0.2) is 16.9 Å². The fraction of sp³-hybridized carbons (Fsp3) is 0.483. The van der Waals surface area contributed by atoms with E-state index in [0.717, 1.165) is 24.1 Å². The smallest absolute Gasteiger partial charge is 0.255 e. The highest BCUT2D eigenvalue weighted by Gasteiger charge is 2.09. The highest BCUT2D eigenvalue weighted by Crippen LogP contribution is 2.16. The molecule has 5 nitrogen and oxygen atoms in total. The van der Waals surface area contributed by atoms with Crippen LogP contribution >= 0.6 is 12.2 Å². The molecule has 0 aromatic heterocycles. The molecule has 0 radical (unpaired) electrons. The van der Waals surface area contributed by atoms with E-state index in [0.29, 0.717) is 17.7 Å². The van der Waals surface area contributed by atoms with Crippen LogP contribution in [-0.2, 0) is 4.79 Å². The van der Waals surface area contributed by atoms with Crippen LogP contribution in [0.3, 0.4) is 0 Å². The quantitative estimate of drug-likeness (QED) is 0.174. The molecule has 0 saturated carbocycles. The van der Waals surface area contributed by atoms with Gasteiger partial charge in [0.1, 0.15) is 0 Å². The second kappa shape index (κ2) is 16.8. The van der Waals surface area contributed by atoms with Crippen molar-refractivity contribution in [3.8, 4) is 0 Å². The number of anilines is 2. The molecule has 0 saturated heterocycles. The monoisotopic (exact) mass is 495 g/mol. The van der Waals surface area contributed by atoms with Gasteiger partial charge < -0.3 is 16.0 Å². The van der Waals surface area contributed by atoms with Crippen molar-refractivity contribution in [2.24, 2.45) is 0 Å². The van der Waals surface area contributed by atoms with E-state index in [4.69, 9.17) is 12.2 Å². The number of carbonyl (C=O) groups is 2. The molecule has 190 valence electrons. The summed E-state index contributed by atoms with van der Waals surface area (Å²) in [6.07, 6.45) is 14.3. The molecule has 3 N–H and O–H groups in total. The van der Waals surface area contributed by atoms with E-state index < -0.39 is 0 Å². The summed E-state index contributed by atoms with van der Waals surface area (Å²) in [7, 11) is 0. The molecule has 2 amide bonds. The van der Waals surface area contributed by atoms with E-state index in [1.54, 1.807) is 18.2 Å². The van der Waals surface area contributed by atoms with Gasteiger partial charge in [-0.3, -0.25) is 9.59 Å². The van der Waals surface area contributed by atoms with Gasteiger partial charge in [0.2, 0.25) is 5.91 Å². The molecule has 0 aliphatic carbocycles. The molecule has 0 spiro atoms. The summed E-state index contributed by atoms with van der Waals surface area (Å²) in [5.74, 6) is -0.199. The molecule has 0 aliphatic rings. The molecular formula is C29H41N3O2S. The molecule has 0 heterocycles. The molecule has 0 bridgehead atoms. The Hall–Kier alpha value is -2.73. The van der Waals surface area contributed by atoms with Crippen molar-refractivity contribution in [1.82, 2.24) is 5.32 Å². The van der Waals surface area contributed by atoms with Crippen molar-refractivity contribution < 1.29 is 9.59 Å². The zero-order chi connectivity index (χ0) is 25.3. The van der Waals surface area contributed by atoms with Gasteiger partial charge >= 0.3 is 0 Å². The first kappa shape index (κ1) is 28.5. The maximum atomic E-state index is 12.4. The number of nitrogens with one attached hydrogen (secondary N) is 3. The van der Waals surface area contributed by atoms with Gasteiger partial charge in [-0.15, -0.1) is 0 Å². The summed E-state index contributed by atoms with van der Waals surface area (Å²) in [5.41, 5.74) is 3.02. The van der Waals surface area contributed by atoms with Crippen LogP contribution in [0.25, 0.3) is 0 Å². The zero-order valence-corrected chi connectivity index (χ0v) is 22.1. The molecule has 0 atom stereocenters. The predicted molar refractivity (Wildman–Crippen MR) is 151 cm³/mol. The van der Waals surface area contributed by atoms with Gasteiger partial charge in [-0.1, -0.05) is 89.3 Å². The van der Waals surface area contributed by atoms with Crippen molar-refractivity contribution in [1.29, 1.82) is 0 Å². The first-order chi connectivity index (χ1) is 17.0. The minimum absolute atomic E-state index is 0.0551. The largest absolute Gasteiger partial charge is 0.332 e. The van der Waals surface area contributed by atoms with Crippen molar-refractivity contribution in [2.45, 2.75) is 90.9 Å². The molecule has 35 heavy (non-hydrogen) atoms. The van der Waals surface area contributed by atoms with E-state index >= 15 is 0 Å². The molecule has 6 heteroatoms. The van der Waals surface area contributed by atoms with Crippen LogP contribution < -0.4 is 16.0 Å². The first-order valence-corrected chi connectivity index (χ1v) is 13.5. The average molecular weight is 496 g/mol. The summed E-state index contributed by atoms with van der Waals surface area (Å²) in [6.45, 7) is 4.16. The van der Waals surface area contributed by atoms with Gasteiger partial charge in [0, 0.05) is 23.4 Å². The van der Waals surface area contributed by atoms with E-state index in [9.17, 15) is 9.59 Å². The normalized spacial score (nSPS) is 10.6. The Labute approximate surface area is 216 Å². The van der Waals surface area contributed by atoms with Crippen molar-refractivity contribution in [2.75, 3.05) is 10.6 Å². The van der Waals surface area contributed by atoms with E-state index in [2.05, 4.69) is 22.9 Å². The second-order valence-corrected chi connectivity index (χ2v) is 9.54. The van der Waals surface area contributed by atoms with Crippen LogP contribution in [0, 0.1) is 6.92 Å². The number of unbranched alkanes of at least 4 members (excludes halogenated alkanes) is 10. The summed E-state index contributed by atoms with van der Waals surface area (Å²) in [5, 5.41) is 8.96. The van der Waals surface area contributed by atoms with Crippen LogP contribution in [0.4, 0.5) is 11.4 Å². The number of hydrogen-bond acceptors (Lipinski definition) is 3. The number of thiocarbonyl (C=S) groups is 1. The zero-order valence-electron chi connectivity index (χ0n) is 21.3. The molecule has 2 rings (SSSR count). The SMILES string of the molecule is CCCCCCCCCCCCCC(=O)NC(=S)Nc1ccc(NC(=O)c2ccccc2C)cc1. The highest BCUT2D eigenvalue weighted by atomic mass is 32.1. The van der Waals surface area contributed by atoms with Crippen molar-refractivity contribution in [3.05, 3.63) is 59.7 Å². The van der Waals surface area contributed by atoms with Crippen molar-refractivity contribution >= 4 is 40.5 Å². The first-order valence-electron chi connectivity index (χ1n) is 13.1. The number of aryl methyl sites for hydroxylation is 1. The molecular weight excluding hydrogens is 454 g/mol. The van der Waals surface area contributed by atoms with Gasteiger partial charge in [-0.25, -0.2) is 0 Å². The fourth-order valence-electron chi connectivity index (χ4n) is 3.96. The number of amides is 2. The Balaban J connectivity index is 1.58. The third kappa shape index (κ3) is 12.0. The minimum atomic E-state index is -0.144. The van der Waals surface area contributed by atoms with Crippen LogP contribution in [0.5, 0.6) is 0 Å². The molecule has 0 unspecified atom stereocenters. The Morgan fingerprint density at radius 1 is 0.714 bits per heavy atom. The predicted octanol–water partition coefficient (Wildman–Crippen LogP) is 7.76. The third-order valence-corrected chi connectivity index (χ3v) is 6.25. The average Bonchev–Trinajstić information content (AvgIpc) is 2.84. The lowest BCUT2D eigenvalue weighted by Gasteiger charge is -2.11. The lowest BCUT2D eigenvalue weighted by atomic mass is 10.1. The van der Waals surface area contributed by atoms with Crippen LogP contribution in [0.2, 0.25) is 0 Å². The maximum absolute atomic E-state index is 12.4. The summed E-state index contributed by atoms with van der Waals surface area (Å²) < 4.78 is 0. The Bertz CT molecular complexity index is 928. The number of rotatable bonds is 15. The summed E-state index contributed by atoms with van der Waals surface area (Å²) in [4.78, 5) is 24.6. The van der Waals surface area contributed by atoms with E-state index in [1.165, 1.54) is 57.8 Å². The van der Waals surface area contributed by atoms with Gasteiger partial charge in [0.15, 0.2) is 5.11 Å². The standard InChI is InChI=1S/C29H41N3O2S/c1-3-4-5-6-7-8-9-10-11-12-13-18-27(33)32-29(35)31-25-21-19-24(20-22-25)30-28(34)26-17-15-14-16-23(26)2/h14-17,19-22H,3-13,18H2,1-2H3,(H,30,34)(H2,31,32,33,35). The van der Waals surface area contributed by atoms with Gasteiger partial charge in [0.25, 0.3) is 5.91 Å². The lowest BCUT2D eigenvalue weighted by Crippen LogP contribution is -2.33. The Morgan fingerprint density at radius 2 is 1.23 bits per heavy atom. The summed E-state index contributed by atoms with van der Waals surface area (Å²) >= 11 is 5.27. The van der Waals surface area contributed by atoms with E-state index in [-0.39, 0.29) is 16.9 Å². The maximum Gasteiger partial charge on any atom is 0.255 e. The molecule has 2 aromatic rings. The molecule has 0 fully saturated rings. The van der Waals surface area contributed by atoms with E-state index in [1.807, 2.05) is 37.3 Å². The minimum Gasteiger partial charge on any atom is -0.332 e. The van der Waals surface area contributed by atoms with Gasteiger partial charge in [-0.05, 0) is 61.5 Å². The Morgan fingerprint density at radius 3 is 1.80 bits per heavy atom. The topological polar surface area (TPSA) is 70.2 Å². The molecule has 0 aliphatic heterocycles. The number of benzene rings is 2. The van der Waals surface area contributed by atoms with Crippen molar-refractivity contribution in [3.63, 3.8) is 0 Å². The summed E-state index contributed by atoms with van der Waals surface area (Å²) in [6, 6.07) is 14.7. The van der Waals surface area contributed by atoms with Gasteiger partial charge in [0.05, 0.1) is 0 Å². The second-order valence-electron chi connectivity index (χ2n) is 9.13. The Kier molecular flexibility index (Phi) is 13.7. The number of carbonyl (C=O) groups excluding carboxylic acids is 2. The molecule has 2 aromatic carbocycles. The highest BCUT2D eigenvalue weighted by molar-refractivity contribution is 7.80. The van der Waals surface area contributed by atoms with Crippen LogP contribution in [0.15, 0.2) is 48.5 Å².